The minimum Gasteiger partial charge on any atom is -0.372 e. The number of thioether (sulfide) groups is 1. The first kappa shape index (κ1) is 22.2. The van der Waals surface area contributed by atoms with Gasteiger partial charge in [0.15, 0.2) is 0 Å². The molecule has 1 heterocycles. The molecular weight excluding hydrogens is 394 g/mol. The van der Waals surface area contributed by atoms with Crippen LogP contribution in [0, 0.1) is 6.92 Å². The van der Waals surface area contributed by atoms with Gasteiger partial charge in [-0.15, -0.1) is 11.8 Å². The second-order valence-electron chi connectivity index (χ2n) is 7.87. The van der Waals surface area contributed by atoms with Crippen LogP contribution in [0.2, 0.25) is 0 Å². The molecule has 0 aliphatic carbocycles. The van der Waals surface area contributed by atoms with E-state index in [0.29, 0.717) is 12.3 Å². The summed E-state index contributed by atoms with van der Waals surface area (Å²) < 4.78 is 0. The zero-order chi connectivity index (χ0) is 21.3. The van der Waals surface area contributed by atoms with Gasteiger partial charge in [0.2, 0.25) is 11.8 Å². The highest BCUT2D eigenvalue weighted by molar-refractivity contribution is 8.00. The molecule has 1 saturated heterocycles. The molecule has 0 bridgehead atoms. The smallest absolute Gasteiger partial charge is 0.234 e. The number of rotatable bonds is 8. The van der Waals surface area contributed by atoms with Gasteiger partial charge in [-0.2, -0.15) is 0 Å². The SMILES string of the molecule is Cc1cccc(NC(=O)CSCC(=O)N(C)Cc2ccc(N3CCCCC3)cc2)c1. The van der Waals surface area contributed by atoms with Crippen molar-refractivity contribution in [3.8, 4) is 0 Å². The van der Waals surface area contributed by atoms with Crippen molar-refractivity contribution >= 4 is 35.0 Å². The predicted molar refractivity (Wildman–Crippen MR) is 126 cm³/mol. The Morgan fingerprint density at radius 2 is 1.77 bits per heavy atom. The lowest BCUT2D eigenvalue weighted by atomic mass is 10.1. The lowest BCUT2D eigenvalue weighted by Crippen LogP contribution is -2.29. The number of carbonyl (C=O) groups is 2. The molecule has 2 amide bonds. The van der Waals surface area contributed by atoms with Gasteiger partial charge in [-0.1, -0.05) is 24.3 Å². The first-order chi connectivity index (χ1) is 14.5. The number of benzene rings is 2. The van der Waals surface area contributed by atoms with E-state index in [2.05, 4.69) is 34.5 Å². The summed E-state index contributed by atoms with van der Waals surface area (Å²) in [4.78, 5) is 28.6. The molecule has 160 valence electrons. The van der Waals surface area contributed by atoms with E-state index in [1.165, 1.54) is 36.7 Å². The maximum atomic E-state index is 12.4. The molecule has 0 atom stereocenters. The van der Waals surface area contributed by atoms with Gasteiger partial charge in [0.05, 0.1) is 11.5 Å². The molecule has 0 aromatic heterocycles. The predicted octanol–water partition coefficient (Wildman–Crippen LogP) is 4.32. The molecule has 5 nitrogen and oxygen atoms in total. The van der Waals surface area contributed by atoms with E-state index < -0.39 is 0 Å². The van der Waals surface area contributed by atoms with Gasteiger partial charge in [-0.25, -0.2) is 0 Å². The molecule has 1 N–H and O–H groups in total. The highest BCUT2D eigenvalue weighted by Gasteiger charge is 2.13. The summed E-state index contributed by atoms with van der Waals surface area (Å²) in [5.74, 6) is 0.500. The summed E-state index contributed by atoms with van der Waals surface area (Å²) in [5.41, 5.74) is 4.27. The van der Waals surface area contributed by atoms with E-state index in [1.807, 2.05) is 38.2 Å². The summed E-state index contributed by atoms with van der Waals surface area (Å²) >= 11 is 1.34. The van der Waals surface area contributed by atoms with Crippen LogP contribution in [0.5, 0.6) is 0 Å². The third-order valence-corrected chi connectivity index (χ3v) is 6.18. The maximum absolute atomic E-state index is 12.4. The van der Waals surface area contributed by atoms with Crippen LogP contribution >= 0.6 is 11.8 Å². The number of amides is 2. The Morgan fingerprint density at radius 3 is 2.47 bits per heavy atom. The summed E-state index contributed by atoms with van der Waals surface area (Å²) in [6.07, 6.45) is 3.85. The third-order valence-electron chi connectivity index (χ3n) is 5.26. The number of carbonyl (C=O) groups excluding carboxylic acids is 2. The molecule has 2 aromatic carbocycles. The van der Waals surface area contributed by atoms with Crippen LogP contribution in [0.15, 0.2) is 48.5 Å². The fourth-order valence-electron chi connectivity index (χ4n) is 3.59. The molecule has 1 aliphatic heterocycles. The molecule has 30 heavy (non-hydrogen) atoms. The van der Waals surface area contributed by atoms with Crippen LogP contribution < -0.4 is 10.2 Å². The third kappa shape index (κ3) is 6.80. The Kier molecular flexibility index (Phi) is 8.20. The molecule has 1 aliphatic rings. The van der Waals surface area contributed by atoms with Crippen molar-refractivity contribution in [2.75, 3.05) is 41.9 Å². The molecule has 1 fully saturated rings. The van der Waals surface area contributed by atoms with E-state index in [4.69, 9.17) is 0 Å². The summed E-state index contributed by atoms with van der Waals surface area (Å²) in [6, 6.07) is 16.2. The van der Waals surface area contributed by atoms with E-state index >= 15 is 0 Å². The Hall–Kier alpha value is -2.47. The number of nitrogens with zero attached hydrogens (tertiary/aromatic N) is 2. The quantitative estimate of drug-likeness (QED) is 0.685. The normalized spacial score (nSPS) is 13.7. The zero-order valence-corrected chi connectivity index (χ0v) is 18.7. The second kappa shape index (κ2) is 11.1. The molecule has 0 radical (unpaired) electrons. The Balaban J connectivity index is 1.39. The summed E-state index contributed by atoms with van der Waals surface area (Å²) in [7, 11) is 1.81. The average molecular weight is 426 g/mol. The van der Waals surface area contributed by atoms with Gasteiger partial charge < -0.3 is 15.1 Å². The number of nitrogens with one attached hydrogen (secondary N) is 1. The first-order valence-electron chi connectivity index (χ1n) is 10.5. The molecule has 0 unspecified atom stereocenters. The van der Waals surface area contributed by atoms with Crippen LogP contribution in [0.25, 0.3) is 0 Å². The van der Waals surface area contributed by atoms with E-state index in [1.54, 1.807) is 4.90 Å². The molecule has 6 heteroatoms. The minimum atomic E-state index is -0.0886. The van der Waals surface area contributed by atoms with Crippen LogP contribution in [-0.2, 0) is 16.1 Å². The highest BCUT2D eigenvalue weighted by atomic mass is 32.2. The van der Waals surface area contributed by atoms with E-state index in [-0.39, 0.29) is 17.6 Å². The average Bonchev–Trinajstić information content (AvgIpc) is 2.75. The van der Waals surface area contributed by atoms with Crippen molar-refractivity contribution < 1.29 is 9.59 Å². The monoisotopic (exact) mass is 425 g/mol. The lowest BCUT2D eigenvalue weighted by Gasteiger charge is -2.29. The number of piperidine rings is 1. The van der Waals surface area contributed by atoms with Crippen molar-refractivity contribution in [2.45, 2.75) is 32.7 Å². The van der Waals surface area contributed by atoms with Crippen LogP contribution in [-0.4, -0.2) is 48.4 Å². The molecule has 3 rings (SSSR count). The summed E-state index contributed by atoms with van der Waals surface area (Å²) in [6.45, 7) is 4.83. The fourth-order valence-corrected chi connectivity index (χ4v) is 4.34. The molecule has 0 saturated carbocycles. The number of anilines is 2. The standard InChI is InChI=1S/C24H31N3O2S/c1-19-7-6-8-21(15-19)25-23(28)17-30-18-24(29)26(2)16-20-9-11-22(12-10-20)27-13-4-3-5-14-27/h6-12,15H,3-5,13-14,16-18H2,1-2H3,(H,25,28). The van der Waals surface area contributed by atoms with Crippen molar-refractivity contribution in [1.29, 1.82) is 0 Å². The molecule has 2 aromatic rings. The van der Waals surface area contributed by atoms with Crippen LogP contribution in [0.1, 0.15) is 30.4 Å². The van der Waals surface area contributed by atoms with Crippen molar-refractivity contribution in [3.63, 3.8) is 0 Å². The number of hydrogen-bond acceptors (Lipinski definition) is 4. The van der Waals surface area contributed by atoms with Crippen molar-refractivity contribution in [3.05, 3.63) is 59.7 Å². The Labute approximate surface area is 183 Å². The lowest BCUT2D eigenvalue weighted by molar-refractivity contribution is -0.127. The topological polar surface area (TPSA) is 52.7 Å². The highest BCUT2D eigenvalue weighted by Crippen LogP contribution is 2.20. The van der Waals surface area contributed by atoms with Crippen LogP contribution in [0.3, 0.4) is 0 Å². The number of aryl methyl sites for hydroxylation is 1. The molecule has 0 spiro atoms. The van der Waals surface area contributed by atoms with Crippen molar-refractivity contribution in [2.24, 2.45) is 0 Å². The van der Waals surface area contributed by atoms with Gasteiger partial charge >= 0.3 is 0 Å². The minimum absolute atomic E-state index is 0.0310. The first-order valence-corrected chi connectivity index (χ1v) is 11.7. The maximum Gasteiger partial charge on any atom is 0.234 e. The van der Waals surface area contributed by atoms with Crippen LogP contribution in [0.4, 0.5) is 11.4 Å². The van der Waals surface area contributed by atoms with Gasteiger partial charge in [-0.05, 0) is 61.6 Å². The zero-order valence-electron chi connectivity index (χ0n) is 17.9. The number of hydrogen-bond donors (Lipinski definition) is 1. The van der Waals surface area contributed by atoms with Gasteiger partial charge in [0.25, 0.3) is 0 Å². The Morgan fingerprint density at radius 1 is 1.03 bits per heavy atom. The van der Waals surface area contributed by atoms with Gasteiger partial charge in [0, 0.05) is 38.1 Å². The van der Waals surface area contributed by atoms with Gasteiger partial charge in [0.1, 0.15) is 0 Å². The fraction of sp³-hybridized carbons (Fsp3) is 0.417. The Bertz CT molecular complexity index is 848. The van der Waals surface area contributed by atoms with E-state index in [0.717, 1.165) is 29.9 Å². The second-order valence-corrected chi connectivity index (χ2v) is 8.86. The largest absolute Gasteiger partial charge is 0.372 e. The van der Waals surface area contributed by atoms with E-state index in [9.17, 15) is 9.59 Å². The summed E-state index contributed by atoms with van der Waals surface area (Å²) in [5, 5.41) is 2.87. The van der Waals surface area contributed by atoms with Gasteiger partial charge in [-0.3, -0.25) is 9.59 Å². The molecular formula is C24H31N3O2S. The van der Waals surface area contributed by atoms with Crippen molar-refractivity contribution in [1.82, 2.24) is 4.90 Å².